The van der Waals surface area contributed by atoms with Crippen molar-refractivity contribution in [1.29, 1.82) is 0 Å². The molecule has 1 aliphatic rings. The Morgan fingerprint density at radius 3 is 2.81 bits per heavy atom. The lowest BCUT2D eigenvalue weighted by molar-refractivity contribution is 0.0909. The van der Waals surface area contributed by atoms with E-state index in [1.54, 1.807) is 5.51 Å². The summed E-state index contributed by atoms with van der Waals surface area (Å²) in [7, 11) is 0. The quantitative estimate of drug-likeness (QED) is 0.914. The van der Waals surface area contributed by atoms with Crippen LogP contribution < -0.4 is 10.6 Å². The zero-order valence-electron chi connectivity index (χ0n) is 11.5. The Morgan fingerprint density at radius 1 is 1.29 bits per heavy atom. The smallest absolute Gasteiger partial charge is 0.412 e. The average Bonchev–Trinajstić information content (AvgIpc) is 2.97. The number of hydrogen-bond donors (Lipinski definition) is 2. The Balaban J connectivity index is 1.65. The summed E-state index contributed by atoms with van der Waals surface area (Å²) >= 11 is 1.40. The van der Waals surface area contributed by atoms with Crippen molar-refractivity contribution in [2.45, 2.75) is 18.9 Å². The minimum atomic E-state index is -0.400. The van der Waals surface area contributed by atoms with Crippen LogP contribution in [0.15, 0.2) is 35.8 Å². The Labute approximate surface area is 127 Å². The van der Waals surface area contributed by atoms with Gasteiger partial charge < -0.3 is 10.1 Å². The number of ether oxygens (including phenoxy) is 1. The number of rotatable bonds is 3. The largest absolute Gasteiger partial charge is 0.446 e. The van der Waals surface area contributed by atoms with Crippen LogP contribution in [0.3, 0.4) is 0 Å². The third-order valence-corrected chi connectivity index (χ3v) is 4.13. The fourth-order valence-electron chi connectivity index (χ4n) is 2.32. The van der Waals surface area contributed by atoms with E-state index in [-0.39, 0.29) is 6.10 Å². The molecule has 6 heteroatoms. The van der Waals surface area contributed by atoms with Gasteiger partial charge in [0.15, 0.2) is 0 Å². The number of thiazole rings is 1. The van der Waals surface area contributed by atoms with Gasteiger partial charge in [0.25, 0.3) is 0 Å². The Bertz CT molecular complexity index is 594. The van der Waals surface area contributed by atoms with Gasteiger partial charge in [0.05, 0.1) is 5.51 Å². The monoisotopic (exact) mass is 303 g/mol. The summed E-state index contributed by atoms with van der Waals surface area (Å²) in [5.74, 6) is 0. The highest BCUT2D eigenvalue weighted by atomic mass is 32.1. The third kappa shape index (κ3) is 3.59. The summed E-state index contributed by atoms with van der Waals surface area (Å²) in [4.78, 5) is 16.3. The van der Waals surface area contributed by atoms with Crippen molar-refractivity contribution in [1.82, 2.24) is 10.3 Å². The van der Waals surface area contributed by atoms with Crippen molar-refractivity contribution in [3.8, 4) is 11.3 Å². The van der Waals surface area contributed by atoms with E-state index in [4.69, 9.17) is 4.74 Å². The van der Waals surface area contributed by atoms with Gasteiger partial charge in [-0.15, -0.1) is 11.3 Å². The first-order valence-electron chi connectivity index (χ1n) is 7.00. The molecule has 5 nitrogen and oxygen atoms in total. The first-order chi connectivity index (χ1) is 10.3. The van der Waals surface area contributed by atoms with E-state index in [9.17, 15) is 4.79 Å². The molecule has 0 bridgehead atoms. The molecule has 0 aliphatic carbocycles. The van der Waals surface area contributed by atoms with E-state index in [0.29, 0.717) is 0 Å². The maximum Gasteiger partial charge on any atom is 0.412 e. The summed E-state index contributed by atoms with van der Waals surface area (Å²) < 4.78 is 5.44. The van der Waals surface area contributed by atoms with Crippen molar-refractivity contribution in [3.05, 3.63) is 35.8 Å². The Kier molecular flexibility index (Phi) is 4.47. The van der Waals surface area contributed by atoms with Crippen LogP contribution >= 0.6 is 11.3 Å². The molecular formula is C15H17N3O2S. The fraction of sp³-hybridized carbons (Fsp3) is 0.333. The van der Waals surface area contributed by atoms with Crippen molar-refractivity contribution in [3.63, 3.8) is 0 Å². The lowest BCUT2D eigenvalue weighted by atomic mass is 10.1. The van der Waals surface area contributed by atoms with Gasteiger partial charge in [-0.25, -0.2) is 9.78 Å². The minimum Gasteiger partial charge on any atom is -0.446 e. The summed E-state index contributed by atoms with van der Waals surface area (Å²) in [6.45, 7) is 1.79. The number of carbonyl (C=O) groups is 1. The molecule has 0 spiro atoms. The van der Waals surface area contributed by atoms with Gasteiger partial charge in [0, 0.05) is 5.56 Å². The minimum absolute atomic E-state index is 0.000605. The summed E-state index contributed by atoms with van der Waals surface area (Å²) in [6, 6.07) is 9.79. The number of carbonyl (C=O) groups excluding carboxylic acids is 1. The standard InChI is InChI=1S/C15H17N3O2S/c19-15(20-12-6-8-16-9-7-12)18-14-13(17-10-21-14)11-4-2-1-3-5-11/h1-5,10,12,16H,6-9H2,(H,18,19). The van der Waals surface area contributed by atoms with Crippen LogP contribution in [-0.2, 0) is 4.74 Å². The van der Waals surface area contributed by atoms with Gasteiger partial charge in [-0.2, -0.15) is 0 Å². The van der Waals surface area contributed by atoms with E-state index < -0.39 is 6.09 Å². The molecule has 1 amide bonds. The van der Waals surface area contributed by atoms with E-state index in [0.717, 1.165) is 42.2 Å². The number of hydrogen-bond acceptors (Lipinski definition) is 5. The van der Waals surface area contributed by atoms with Gasteiger partial charge in [0.1, 0.15) is 16.8 Å². The zero-order chi connectivity index (χ0) is 14.5. The van der Waals surface area contributed by atoms with Crippen molar-refractivity contribution in [2.75, 3.05) is 18.4 Å². The number of nitrogens with one attached hydrogen (secondary N) is 2. The van der Waals surface area contributed by atoms with Gasteiger partial charge in [0.2, 0.25) is 0 Å². The van der Waals surface area contributed by atoms with E-state index in [1.165, 1.54) is 11.3 Å². The lowest BCUT2D eigenvalue weighted by Crippen LogP contribution is -2.34. The molecule has 21 heavy (non-hydrogen) atoms. The van der Waals surface area contributed by atoms with Crippen LogP contribution in [0.2, 0.25) is 0 Å². The summed E-state index contributed by atoms with van der Waals surface area (Å²) in [5.41, 5.74) is 3.49. The molecule has 1 fully saturated rings. The highest BCUT2D eigenvalue weighted by Crippen LogP contribution is 2.30. The second-order valence-electron chi connectivity index (χ2n) is 4.88. The molecule has 0 unspecified atom stereocenters. The molecule has 1 aromatic heterocycles. The predicted molar refractivity (Wildman–Crippen MR) is 83.5 cm³/mol. The van der Waals surface area contributed by atoms with Crippen LogP contribution in [0, 0.1) is 0 Å². The molecule has 2 heterocycles. The lowest BCUT2D eigenvalue weighted by Gasteiger charge is -2.22. The zero-order valence-corrected chi connectivity index (χ0v) is 12.4. The van der Waals surface area contributed by atoms with Crippen LogP contribution in [0.5, 0.6) is 0 Å². The maximum atomic E-state index is 12.0. The molecule has 2 N–H and O–H groups in total. The van der Waals surface area contributed by atoms with Gasteiger partial charge in [-0.3, -0.25) is 5.32 Å². The average molecular weight is 303 g/mol. The number of nitrogens with zero attached hydrogens (tertiary/aromatic N) is 1. The number of piperidine rings is 1. The third-order valence-electron chi connectivity index (χ3n) is 3.39. The number of benzene rings is 1. The molecule has 110 valence electrons. The molecule has 2 aromatic rings. The highest BCUT2D eigenvalue weighted by molar-refractivity contribution is 7.14. The molecule has 0 radical (unpaired) electrons. The van der Waals surface area contributed by atoms with E-state index in [2.05, 4.69) is 15.6 Å². The topological polar surface area (TPSA) is 63.2 Å². The number of anilines is 1. The van der Waals surface area contributed by atoms with Gasteiger partial charge >= 0.3 is 6.09 Å². The molecular weight excluding hydrogens is 286 g/mol. The first-order valence-corrected chi connectivity index (χ1v) is 7.88. The molecule has 0 atom stereocenters. The predicted octanol–water partition coefficient (Wildman–Crippen LogP) is 3.11. The van der Waals surface area contributed by atoms with Crippen LogP contribution in [0.1, 0.15) is 12.8 Å². The van der Waals surface area contributed by atoms with Gasteiger partial charge in [-0.1, -0.05) is 30.3 Å². The normalized spacial score (nSPS) is 15.6. The van der Waals surface area contributed by atoms with Crippen molar-refractivity contribution < 1.29 is 9.53 Å². The SMILES string of the molecule is O=C(Nc1scnc1-c1ccccc1)OC1CCNCC1. The van der Waals surface area contributed by atoms with Crippen molar-refractivity contribution >= 4 is 22.4 Å². The van der Waals surface area contributed by atoms with Crippen molar-refractivity contribution in [2.24, 2.45) is 0 Å². The van der Waals surface area contributed by atoms with Crippen LogP contribution in [0.4, 0.5) is 9.80 Å². The summed E-state index contributed by atoms with van der Waals surface area (Å²) in [5, 5.41) is 6.78. The Morgan fingerprint density at radius 2 is 2.05 bits per heavy atom. The molecule has 1 aliphatic heterocycles. The molecule has 1 aromatic carbocycles. The van der Waals surface area contributed by atoms with Crippen LogP contribution in [0.25, 0.3) is 11.3 Å². The first kappa shape index (κ1) is 14.0. The number of aromatic nitrogens is 1. The maximum absolute atomic E-state index is 12.0. The second kappa shape index (κ2) is 6.69. The summed E-state index contributed by atoms with van der Waals surface area (Å²) in [6.07, 6.45) is 1.33. The Hall–Kier alpha value is -1.92. The molecule has 0 saturated carbocycles. The number of amides is 1. The van der Waals surface area contributed by atoms with Gasteiger partial charge in [-0.05, 0) is 25.9 Å². The molecule has 3 rings (SSSR count). The van der Waals surface area contributed by atoms with E-state index in [1.807, 2.05) is 30.3 Å². The second-order valence-corrected chi connectivity index (χ2v) is 5.73. The fourth-order valence-corrected chi connectivity index (χ4v) is 3.01. The van der Waals surface area contributed by atoms with Crippen LogP contribution in [-0.4, -0.2) is 30.3 Å². The molecule has 1 saturated heterocycles. The van der Waals surface area contributed by atoms with E-state index >= 15 is 0 Å². The highest BCUT2D eigenvalue weighted by Gasteiger charge is 2.19.